The predicted octanol–water partition coefficient (Wildman–Crippen LogP) is 2.90. The summed E-state index contributed by atoms with van der Waals surface area (Å²) in [5.41, 5.74) is 0.799. The number of likely N-dealkylation sites (N-methyl/N-ethyl adjacent to an activating group) is 1. The SMILES string of the molecule is CC(C(=O)N(C)Cc1cccc(F)c1)N1CCC(CN2CCCCC2=O)CC1. The number of hydrogen-bond acceptors (Lipinski definition) is 3. The molecule has 28 heavy (non-hydrogen) atoms. The molecule has 1 unspecified atom stereocenters. The molecular weight excluding hydrogens is 357 g/mol. The molecule has 2 fully saturated rings. The van der Waals surface area contributed by atoms with Gasteiger partial charge in [0.15, 0.2) is 0 Å². The van der Waals surface area contributed by atoms with Crippen molar-refractivity contribution in [1.29, 1.82) is 0 Å². The lowest BCUT2D eigenvalue weighted by Crippen LogP contribution is -2.50. The molecule has 2 saturated heterocycles. The van der Waals surface area contributed by atoms with Gasteiger partial charge < -0.3 is 9.80 Å². The fourth-order valence-corrected chi connectivity index (χ4v) is 4.35. The molecule has 0 aliphatic carbocycles. The third-order valence-corrected chi connectivity index (χ3v) is 6.14. The second-order valence-electron chi connectivity index (χ2n) is 8.28. The number of halogens is 1. The van der Waals surface area contributed by atoms with E-state index >= 15 is 0 Å². The van der Waals surface area contributed by atoms with Crippen molar-refractivity contribution in [2.45, 2.75) is 51.6 Å². The lowest BCUT2D eigenvalue weighted by molar-refractivity contribution is -0.136. The number of carbonyl (C=O) groups is 2. The van der Waals surface area contributed by atoms with E-state index in [4.69, 9.17) is 0 Å². The van der Waals surface area contributed by atoms with E-state index in [0.29, 0.717) is 24.8 Å². The van der Waals surface area contributed by atoms with E-state index in [9.17, 15) is 14.0 Å². The summed E-state index contributed by atoms with van der Waals surface area (Å²) in [4.78, 5) is 30.8. The van der Waals surface area contributed by atoms with Crippen LogP contribution >= 0.6 is 0 Å². The van der Waals surface area contributed by atoms with Crippen molar-refractivity contribution in [2.75, 3.05) is 33.2 Å². The molecule has 0 radical (unpaired) electrons. The zero-order valence-electron chi connectivity index (χ0n) is 17.1. The highest BCUT2D eigenvalue weighted by atomic mass is 19.1. The normalized spacial score (nSPS) is 20.2. The Morgan fingerprint density at radius 1 is 1.25 bits per heavy atom. The van der Waals surface area contributed by atoms with Gasteiger partial charge in [-0.25, -0.2) is 4.39 Å². The van der Waals surface area contributed by atoms with Crippen molar-refractivity contribution in [3.05, 3.63) is 35.6 Å². The average molecular weight is 390 g/mol. The van der Waals surface area contributed by atoms with Crippen molar-refractivity contribution in [3.63, 3.8) is 0 Å². The van der Waals surface area contributed by atoms with Gasteiger partial charge in [0.05, 0.1) is 6.04 Å². The zero-order valence-corrected chi connectivity index (χ0v) is 17.1. The lowest BCUT2D eigenvalue weighted by atomic mass is 9.94. The van der Waals surface area contributed by atoms with E-state index in [2.05, 4.69) is 4.90 Å². The molecule has 0 bridgehead atoms. The second kappa shape index (κ2) is 9.50. The molecule has 5 nitrogen and oxygen atoms in total. The third kappa shape index (κ3) is 5.31. The van der Waals surface area contributed by atoms with Crippen LogP contribution < -0.4 is 0 Å². The standard InChI is InChI=1S/C22H32FN3O2/c1-17(22(28)24(2)15-19-6-5-7-20(23)14-19)25-12-9-18(10-13-25)16-26-11-4-3-8-21(26)27/h5-7,14,17-18H,3-4,8-13,15-16H2,1-2H3. The molecular formula is C22H32FN3O2. The van der Waals surface area contributed by atoms with E-state index < -0.39 is 0 Å². The number of likely N-dealkylation sites (tertiary alicyclic amines) is 2. The molecule has 2 aliphatic rings. The van der Waals surface area contributed by atoms with E-state index in [1.54, 1.807) is 18.0 Å². The molecule has 154 valence electrons. The monoisotopic (exact) mass is 389 g/mol. The molecule has 6 heteroatoms. The average Bonchev–Trinajstić information content (AvgIpc) is 2.69. The first-order valence-corrected chi connectivity index (χ1v) is 10.5. The molecule has 3 rings (SSSR count). The number of piperidine rings is 2. The van der Waals surface area contributed by atoms with Crippen molar-refractivity contribution in [2.24, 2.45) is 5.92 Å². The molecule has 0 N–H and O–H groups in total. The number of carbonyl (C=O) groups excluding carboxylic acids is 2. The Morgan fingerprint density at radius 2 is 2.00 bits per heavy atom. The summed E-state index contributed by atoms with van der Waals surface area (Å²) < 4.78 is 13.4. The maximum atomic E-state index is 13.4. The highest BCUT2D eigenvalue weighted by Gasteiger charge is 2.30. The Kier molecular flexibility index (Phi) is 7.05. The molecule has 1 aromatic carbocycles. The number of nitrogens with zero attached hydrogens (tertiary/aromatic N) is 3. The predicted molar refractivity (Wildman–Crippen MR) is 107 cm³/mol. The first-order valence-electron chi connectivity index (χ1n) is 10.5. The number of rotatable bonds is 6. The quantitative estimate of drug-likeness (QED) is 0.751. The number of hydrogen-bond donors (Lipinski definition) is 0. The molecule has 0 saturated carbocycles. The summed E-state index contributed by atoms with van der Waals surface area (Å²) in [7, 11) is 1.78. The molecule has 0 aromatic heterocycles. The fourth-order valence-electron chi connectivity index (χ4n) is 4.35. The van der Waals surface area contributed by atoms with Crippen LogP contribution in [0.3, 0.4) is 0 Å². The van der Waals surface area contributed by atoms with Crippen LogP contribution in [-0.4, -0.2) is 65.8 Å². The van der Waals surface area contributed by atoms with E-state index in [1.165, 1.54) is 12.1 Å². The summed E-state index contributed by atoms with van der Waals surface area (Å²) in [6, 6.07) is 6.21. The van der Waals surface area contributed by atoms with Gasteiger partial charge in [-0.3, -0.25) is 14.5 Å². The largest absolute Gasteiger partial charge is 0.342 e. The van der Waals surface area contributed by atoms with E-state index in [1.807, 2.05) is 17.9 Å². The van der Waals surface area contributed by atoms with E-state index in [0.717, 1.165) is 57.4 Å². The Morgan fingerprint density at radius 3 is 2.68 bits per heavy atom. The van der Waals surface area contributed by atoms with Gasteiger partial charge >= 0.3 is 0 Å². The Balaban J connectivity index is 1.46. The smallest absolute Gasteiger partial charge is 0.239 e. The summed E-state index contributed by atoms with van der Waals surface area (Å²) in [6.45, 7) is 5.90. The van der Waals surface area contributed by atoms with Crippen LogP contribution in [0.1, 0.15) is 44.6 Å². The summed E-state index contributed by atoms with van der Waals surface area (Å²) in [6.07, 6.45) is 4.89. The fraction of sp³-hybridized carbons (Fsp3) is 0.636. The first kappa shape index (κ1) is 20.8. The maximum absolute atomic E-state index is 13.4. The second-order valence-corrected chi connectivity index (χ2v) is 8.28. The van der Waals surface area contributed by atoms with Crippen LogP contribution in [0.4, 0.5) is 4.39 Å². The van der Waals surface area contributed by atoms with Gasteiger partial charge in [0.2, 0.25) is 11.8 Å². The molecule has 2 heterocycles. The summed E-state index contributed by atoms with van der Waals surface area (Å²) in [5, 5.41) is 0. The van der Waals surface area contributed by atoms with Crippen molar-refractivity contribution < 1.29 is 14.0 Å². The van der Waals surface area contributed by atoms with Crippen LogP contribution in [0.5, 0.6) is 0 Å². The highest BCUT2D eigenvalue weighted by molar-refractivity contribution is 5.81. The first-order chi connectivity index (χ1) is 13.4. The topological polar surface area (TPSA) is 43.9 Å². The summed E-state index contributed by atoms with van der Waals surface area (Å²) in [5.74, 6) is 0.622. The molecule has 2 amide bonds. The van der Waals surface area contributed by atoms with Crippen LogP contribution in [0.2, 0.25) is 0 Å². The summed E-state index contributed by atoms with van der Waals surface area (Å²) >= 11 is 0. The number of amides is 2. The highest BCUT2D eigenvalue weighted by Crippen LogP contribution is 2.23. The van der Waals surface area contributed by atoms with Crippen LogP contribution in [-0.2, 0) is 16.1 Å². The van der Waals surface area contributed by atoms with Crippen molar-refractivity contribution >= 4 is 11.8 Å². The van der Waals surface area contributed by atoms with Gasteiger partial charge in [-0.15, -0.1) is 0 Å². The Hall–Kier alpha value is -1.95. The van der Waals surface area contributed by atoms with Crippen LogP contribution in [0, 0.1) is 11.7 Å². The molecule has 1 aromatic rings. The zero-order chi connectivity index (χ0) is 20.1. The minimum atomic E-state index is -0.277. The minimum absolute atomic E-state index is 0.0638. The minimum Gasteiger partial charge on any atom is -0.342 e. The van der Waals surface area contributed by atoms with Gasteiger partial charge in [0, 0.05) is 33.1 Å². The molecule has 1 atom stereocenters. The van der Waals surface area contributed by atoms with Gasteiger partial charge in [-0.1, -0.05) is 12.1 Å². The van der Waals surface area contributed by atoms with Gasteiger partial charge in [0.1, 0.15) is 5.82 Å². The van der Waals surface area contributed by atoms with Crippen LogP contribution in [0.25, 0.3) is 0 Å². The van der Waals surface area contributed by atoms with Gasteiger partial charge in [0.25, 0.3) is 0 Å². The Labute approximate surface area is 167 Å². The third-order valence-electron chi connectivity index (χ3n) is 6.14. The Bertz CT molecular complexity index is 688. The van der Waals surface area contributed by atoms with Crippen molar-refractivity contribution in [1.82, 2.24) is 14.7 Å². The van der Waals surface area contributed by atoms with Gasteiger partial charge in [-0.2, -0.15) is 0 Å². The molecule has 0 spiro atoms. The molecule has 2 aliphatic heterocycles. The van der Waals surface area contributed by atoms with E-state index in [-0.39, 0.29) is 17.8 Å². The van der Waals surface area contributed by atoms with Gasteiger partial charge in [-0.05, 0) is 69.3 Å². The van der Waals surface area contributed by atoms with Crippen LogP contribution in [0.15, 0.2) is 24.3 Å². The van der Waals surface area contributed by atoms with Crippen molar-refractivity contribution in [3.8, 4) is 0 Å². The number of benzene rings is 1. The lowest BCUT2D eigenvalue weighted by Gasteiger charge is -2.38. The maximum Gasteiger partial charge on any atom is 0.239 e.